The zero-order valence-electron chi connectivity index (χ0n) is 80.7. The van der Waals surface area contributed by atoms with Gasteiger partial charge in [0.25, 0.3) is 0 Å². The molecule has 7 rings (SSSR count). The highest BCUT2D eigenvalue weighted by Gasteiger charge is 2.87. The van der Waals surface area contributed by atoms with Gasteiger partial charge >= 0.3 is 176 Å². The van der Waals surface area contributed by atoms with Crippen LogP contribution in [-0.4, -0.2) is 255 Å². The van der Waals surface area contributed by atoms with Crippen LogP contribution < -0.4 is 0 Å². The van der Waals surface area contributed by atoms with Crippen LogP contribution in [0.25, 0.3) is 0 Å². The predicted molar refractivity (Wildman–Crippen MR) is 510 cm³/mol. The highest BCUT2D eigenvalue weighted by atomic mass is 29.3. The SMILES string of the molecule is C=C(C)C(=O)OCCC[Si]12O[Si]3(CCCOC(=O)C(=C)C)O[Si]4(CCCOC(=O)C(=C)C)O[Si](CCCOC(=O)C(=C)C)(O1)O[Si]1(CCCOC(=O)C(=C)C)O[Si](CCCOC(=O)C(=C)C)(O2)O[Si]2(CCCOC(=O)C(=C)C)O[Si]5(CCCOC(=O)C(=C)C)O[Si](CCCOC(=O)C(=C)C)(O3)O[Si](CCCOC(=O)C(=C)C)(O4)O[Si](CCCOC(=O)C(=C)C)(O5)[Si](CCCOC(=O)C(=C)C)(O1)O2. The minimum atomic E-state index is -5.87. The zero-order chi connectivity index (χ0) is 102. The Hall–Kier alpha value is -7.56. The van der Waals surface area contributed by atoms with Crippen LogP contribution in [0.15, 0.2) is 146 Å². The van der Waals surface area contributed by atoms with Crippen molar-refractivity contribution in [2.45, 2.75) is 233 Å². The third-order valence-corrected chi connectivity index (χ3v) is 84.6. The number of hydrogen-bond donors (Lipinski definition) is 0. The Morgan fingerprint density at radius 3 is 0.314 bits per heavy atom. The molecule has 7 aliphatic heterocycles. The van der Waals surface area contributed by atoms with E-state index in [0.717, 1.165) is 0 Å². The van der Waals surface area contributed by atoms with Crippen molar-refractivity contribution in [1.29, 1.82) is 0 Å². The average molecular weight is 2130 g/mol. The van der Waals surface area contributed by atoms with Crippen molar-refractivity contribution in [1.82, 2.24) is 0 Å². The fraction of sp³-hybridized carbons (Fsp3) is 0.571. The lowest BCUT2D eigenvalue weighted by molar-refractivity contribution is -0.139. The number of fused-ring (bicyclic) bond motifs is 6. The molecular formula is C84H132O41Si12. The van der Waals surface area contributed by atoms with Gasteiger partial charge in [0.15, 0.2) is 0 Å². The van der Waals surface area contributed by atoms with Gasteiger partial charge < -0.3 is 127 Å². The van der Waals surface area contributed by atoms with Crippen molar-refractivity contribution in [3.63, 3.8) is 0 Å². The Kier molecular flexibility index (Phi) is 43.7. The van der Waals surface area contributed by atoms with Gasteiger partial charge in [-0.05, 0) is 172 Å². The van der Waals surface area contributed by atoms with Crippen LogP contribution in [0.1, 0.15) is 160 Å². The first-order valence-electron chi connectivity index (χ1n) is 45.0. The summed E-state index contributed by atoms with van der Waals surface area (Å²) < 4.78 is 215. The fourth-order valence-corrected chi connectivity index (χ4v) is 103. The Balaban J connectivity index is 1.96. The summed E-state index contributed by atoms with van der Waals surface area (Å²) in [5.41, 5.74) is -0.273. The maximum atomic E-state index is 14.1. The van der Waals surface area contributed by atoms with Gasteiger partial charge in [-0.3, -0.25) is 0 Å². The maximum Gasteiger partial charge on any atom is 0.479 e. The van der Waals surface area contributed by atoms with Crippen LogP contribution >= 0.6 is 0 Å². The largest absolute Gasteiger partial charge is 0.479 e. The molecule has 41 nitrogen and oxygen atoms in total. The number of ether oxygens (including phenoxy) is 12. The molecule has 0 radical (unpaired) electrons. The van der Waals surface area contributed by atoms with Gasteiger partial charge in [-0.15, -0.1) is 0 Å². The monoisotopic (exact) mass is 2130 g/mol. The van der Waals surface area contributed by atoms with E-state index < -0.39 is 328 Å². The standard InChI is InChI=1S/C84H132O41Si12/c1-61(2)73(85)97-37-25-49-126-109-127(50-26-38-98-74(86)62(3)4)111-129(52-28-40-100-76(88)64(7)8)114-128(110-126,51-27-39-99-75(87)63(5)6)115-132(55-31-43-103-79(91)67(13)14)117-130(112-126,53-29-41-101-77(89)65(9)10)119-134(57-33-45-105-81(93)69(17)18)121-135(58-34-46-106-82(94)70(19)20)120-131(113-127,54-30-42-102-78(90)66(11)12)118-133(116-129,56-32-44-104-80(92)68(15)16)123-137(125-135,60-36-48-108-84(96)72(23)24)136(122-132,124-134)59-35-47-107-83(95)71(21)22/h1,3,5,7,9,11,13,15,17,19,21,23,25-60H2,2,4,6,8,10,12,14,16,18,20,22,24H3. The van der Waals surface area contributed by atoms with Crippen molar-refractivity contribution in [2.24, 2.45) is 0 Å². The number of rotatable bonds is 60. The van der Waals surface area contributed by atoms with Crippen molar-refractivity contribution >= 4 is 176 Å². The minimum Gasteiger partial charge on any atom is -0.462 e. The summed E-state index contributed by atoms with van der Waals surface area (Å²) in [4.78, 5) is 167. The number of carbonyl (C=O) groups excluding carboxylic acids is 12. The number of hydrogen-bond acceptors (Lipinski definition) is 41. The summed E-state index contributed by atoms with van der Waals surface area (Å²) in [6, 6.07) is -6.99. The van der Waals surface area contributed by atoms with Crippen molar-refractivity contribution in [3.8, 4) is 0 Å². The highest BCUT2D eigenvalue weighted by Crippen LogP contribution is 2.59. The molecule has 137 heavy (non-hydrogen) atoms. The lowest BCUT2D eigenvalue weighted by Gasteiger charge is -2.59. The third-order valence-electron chi connectivity index (χ3n) is 20.5. The van der Waals surface area contributed by atoms with E-state index in [2.05, 4.69) is 78.9 Å². The quantitative estimate of drug-likeness (QED) is 0.0179. The van der Waals surface area contributed by atoms with Crippen molar-refractivity contribution in [2.75, 3.05) is 79.3 Å². The van der Waals surface area contributed by atoms with Crippen LogP contribution in [0, 0.1) is 0 Å². The Labute approximate surface area is 812 Å². The second-order valence-electron chi connectivity index (χ2n) is 34.3. The fourth-order valence-electron chi connectivity index (χ4n) is 14.1. The summed E-state index contributed by atoms with van der Waals surface area (Å²) >= 11 is 0. The van der Waals surface area contributed by atoms with Gasteiger partial charge in [0.1, 0.15) is 0 Å². The van der Waals surface area contributed by atoms with Crippen molar-refractivity contribution in [3.05, 3.63) is 146 Å². The van der Waals surface area contributed by atoms with E-state index in [1.165, 1.54) is 83.1 Å². The molecule has 0 aromatic rings. The molecule has 12 unspecified atom stereocenters. The predicted octanol–water partition coefficient (Wildman–Crippen LogP) is 11.8. The molecule has 0 amide bonds. The molecule has 7 heterocycles. The maximum absolute atomic E-state index is 14.1. The molecule has 0 spiro atoms. The number of esters is 12. The first-order chi connectivity index (χ1) is 64.2. The molecule has 0 aromatic heterocycles. The van der Waals surface area contributed by atoms with Gasteiger partial charge in [-0.1, -0.05) is 78.9 Å². The second kappa shape index (κ2) is 51.4. The lowest BCUT2D eigenvalue weighted by Crippen LogP contribution is -2.84. The lowest BCUT2D eigenvalue weighted by atomic mass is 10.4. The molecule has 0 aromatic carbocycles. The summed E-state index contributed by atoms with van der Waals surface area (Å²) in [6.45, 7) is 56.9. The average Bonchev–Trinajstić information content (AvgIpc) is 1.54. The van der Waals surface area contributed by atoms with Gasteiger partial charge in [-0.25, -0.2) is 57.5 Å². The van der Waals surface area contributed by atoms with E-state index in [-0.39, 0.29) is 144 Å². The van der Waals surface area contributed by atoms with E-state index in [4.69, 9.17) is 127 Å². The summed E-state index contributed by atoms with van der Waals surface area (Å²) in [5.74, 6) is -10.3. The first-order valence-corrected chi connectivity index (χ1v) is 69.4. The van der Waals surface area contributed by atoms with E-state index in [1.807, 2.05) is 0 Å². The highest BCUT2D eigenvalue weighted by molar-refractivity contribution is 7.37. The first kappa shape index (κ1) is 116. The van der Waals surface area contributed by atoms with Crippen LogP contribution in [0.5, 0.6) is 0 Å². The van der Waals surface area contributed by atoms with Crippen LogP contribution in [-0.2, 0) is 184 Å². The summed E-state index contributed by atoms with van der Waals surface area (Å²) in [6.07, 6.45) is -4.12. The van der Waals surface area contributed by atoms with Crippen LogP contribution in [0.4, 0.5) is 0 Å². The van der Waals surface area contributed by atoms with Gasteiger partial charge in [-0.2, -0.15) is 0 Å². The van der Waals surface area contributed by atoms with Gasteiger partial charge in [0, 0.05) is 127 Å². The minimum absolute atomic E-state index is 0.0195. The van der Waals surface area contributed by atoms with E-state index in [1.54, 1.807) is 0 Å². The Morgan fingerprint density at radius 1 is 0.146 bits per heavy atom. The summed E-state index contributed by atoms with van der Waals surface area (Å²) in [7, 11) is -69.8. The van der Waals surface area contributed by atoms with E-state index in [0.29, 0.717) is 0 Å². The van der Waals surface area contributed by atoms with Gasteiger partial charge in [0.2, 0.25) is 0 Å². The molecule has 7 fully saturated rings. The molecule has 762 valence electrons. The van der Waals surface area contributed by atoms with Crippen LogP contribution in [0.2, 0.25) is 72.5 Å². The molecule has 0 N–H and O–H groups in total. The smallest absolute Gasteiger partial charge is 0.462 e. The van der Waals surface area contributed by atoms with Gasteiger partial charge in [0.05, 0.1) is 79.3 Å². The zero-order valence-corrected chi connectivity index (χ0v) is 92.7. The van der Waals surface area contributed by atoms with Crippen LogP contribution in [0.3, 0.4) is 0 Å². The van der Waals surface area contributed by atoms with E-state index >= 15 is 0 Å². The molecule has 53 heteroatoms. The molecule has 7 saturated heterocycles. The molecule has 0 saturated carbocycles. The molecule has 0 aliphatic carbocycles. The molecular weight excluding hydrogens is 2000 g/mol. The molecule has 12 bridgehead atoms. The van der Waals surface area contributed by atoms with Crippen molar-refractivity contribution < 1.29 is 184 Å². The number of carbonyl (C=O) groups is 12. The molecule has 7 aliphatic rings. The normalized spacial score (nSPS) is 27.4. The Bertz CT molecular complexity index is 4310. The molecule has 12 atom stereocenters. The third kappa shape index (κ3) is 33.5. The summed E-state index contributed by atoms with van der Waals surface area (Å²) in [5, 5.41) is 0. The Morgan fingerprint density at radius 2 is 0.226 bits per heavy atom. The van der Waals surface area contributed by atoms with E-state index in [9.17, 15) is 57.5 Å². The topological polar surface area (TPSA) is 473 Å². The second-order valence-corrected chi connectivity index (χ2v) is 75.4.